The van der Waals surface area contributed by atoms with Crippen LogP contribution in [0.4, 0.5) is 0 Å². The summed E-state index contributed by atoms with van der Waals surface area (Å²) in [5.41, 5.74) is 2.96. The van der Waals surface area contributed by atoms with E-state index in [9.17, 15) is 23.1 Å². The maximum Gasteiger partial charge on any atom is 0.326 e. The van der Waals surface area contributed by atoms with Crippen molar-refractivity contribution in [3.8, 4) is 11.8 Å². The second kappa shape index (κ2) is 11.4. The number of likely N-dealkylation sites (N-methyl/N-ethyl adjacent to an activating group) is 1. The lowest BCUT2D eigenvalue weighted by Gasteiger charge is -2.19. The van der Waals surface area contributed by atoms with Gasteiger partial charge in [-0.25, -0.2) is 18.2 Å². The van der Waals surface area contributed by atoms with Gasteiger partial charge in [-0.2, -0.15) is 4.31 Å². The van der Waals surface area contributed by atoms with Gasteiger partial charge in [0.2, 0.25) is 15.9 Å². The van der Waals surface area contributed by atoms with Crippen LogP contribution in [-0.4, -0.2) is 54.3 Å². The smallest absolute Gasteiger partial charge is 0.326 e. The molecule has 180 valence electrons. The Labute approximate surface area is 204 Å². The van der Waals surface area contributed by atoms with Gasteiger partial charge in [0.05, 0.1) is 11.4 Å². The van der Waals surface area contributed by atoms with E-state index in [-0.39, 0.29) is 11.3 Å². The van der Waals surface area contributed by atoms with Crippen LogP contribution >= 0.6 is 0 Å². The Morgan fingerprint density at radius 3 is 2.31 bits per heavy atom. The summed E-state index contributed by atoms with van der Waals surface area (Å²) in [4.78, 5) is 28.4. The predicted octanol–water partition coefficient (Wildman–Crippen LogP) is 2.22. The van der Waals surface area contributed by atoms with E-state index in [0.717, 1.165) is 15.4 Å². The number of rotatable bonds is 8. The third-order valence-corrected chi connectivity index (χ3v) is 6.94. The standard InChI is InChI=1S/C26H25N3O5S/c1-19-6-14-23(15-7-19)35(33,34)29(2)18-25(30)28-24(26(31)32)17-21-10-8-20(9-11-21)12-13-22-5-3-4-16-27-22/h3-11,14-16,24H,17-18H2,1-2H3,(H,28,30)(H,31,32)/t24-/m0/s1. The highest BCUT2D eigenvalue weighted by molar-refractivity contribution is 7.89. The van der Waals surface area contributed by atoms with Gasteiger partial charge in [-0.3, -0.25) is 4.79 Å². The second-order valence-electron chi connectivity index (χ2n) is 7.90. The third-order valence-electron chi connectivity index (χ3n) is 5.12. The summed E-state index contributed by atoms with van der Waals surface area (Å²) in [6.45, 7) is 1.32. The average Bonchev–Trinajstić information content (AvgIpc) is 2.84. The lowest BCUT2D eigenvalue weighted by atomic mass is 10.0. The van der Waals surface area contributed by atoms with Crippen LogP contribution in [0, 0.1) is 18.8 Å². The molecule has 0 aliphatic heterocycles. The molecule has 0 aliphatic rings. The van der Waals surface area contributed by atoms with Gasteiger partial charge < -0.3 is 10.4 Å². The quantitative estimate of drug-likeness (QED) is 0.467. The summed E-state index contributed by atoms with van der Waals surface area (Å²) >= 11 is 0. The Bertz CT molecular complexity index is 1340. The van der Waals surface area contributed by atoms with Crippen molar-refractivity contribution in [3.63, 3.8) is 0 Å². The van der Waals surface area contributed by atoms with Crippen molar-refractivity contribution >= 4 is 21.9 Å². The van der Waals surface area contributed by atoms with Crippen LogP contribution in [0.5, 0.6) is 0 Å². The summed E-state index contributed by atoms with van der Waals surface area (Å²) in [5.74, 6) is 4.00. The number of aliphatic carboxylic acids is 1. The number of nitrogens with zero attached hydrogens (tertiary/aromatic N) is 2. The molecule has 0 saturated heterocycles. The van der Waals surface area contributed by atoms with Gasteiger partial charge in [0.25, 0.3) is 0 Å². The van der Waals surface area contributed by atoms with Gasteiger partial charge in [0.1, 0.15) is 11.7 Å². The number of carbonyl (C=O) groups is 2. The van der Waals surface area contributed by atoms with Gasteiger partial charge >= 0.3 is 5.97 Å². The van der Waals surface area contributed by atoms with Crippen LogP contribution < -0.4 is 5.32 Å². The molecule has 1 aromatic heterocycles. The Morgan fingerprint density at radius 2 is 1.71 bits per heavy atom. The predicted molar refractivity (Wildman–Crippen MR) is 131 cm³/mol. The van der Waals surface area contributed by atoms with Crippen LogP contribution in [0.15, 0.2) is 77.8 Å². The first-order valence-electron chi connectivity index (χ1n) is 10.7. The molecule has 1 atom stereocenters. The van der Waals surface area contributed by atoms with Crippen molar-refractivity contribution in [2.24, 2.45) is 0 Å². The first kappa shape index (κ1) is 25.6. The molecule has 35 heavy (non-hydrogen) atoms. The lowest BCUT2D eigenvalue weighted by Crippen LogP contribution is -2.46. The van der Waals surface area contributed by atoms with Gasteiger partial charge in [-0.1, -0.05) is 41.8 Å². The summed E-state index contributed by atoms with van der Waals surface area (Å²) in [5, 5.41) is 12.0. The van der Waals surface area contributed by atoms with Gasteiger partial charge in [-0.15, -0.1) is 0 Å². The van der Waals surface area contributed by atoms with Crippen molar-refractivity contribution < 1.29 is 23.1 Å². The molecule has 3 aromatic rings. The zero-order chi connectivity index (χ0) is 25.4. The highest BCUT2D eigenvalue weighted by Crippen LogP contribution is 2.15. The van der Waals surface area contributed by atoms with Crippen molar-refractivity contribution in [3.05, 3.63) is 95.3 Å². The number of nitrogens with one attached hydrogen (secondary N) is 1. The zero-order valence-electron chi connectivity index (χ0n) is 19.3. The molecule has 3 rings (SSSR count). The number of hydrogen-bond acceptors (Lipinski definition) is 5. The first-order valence-corrected chi connectivity index (χ1v) is 12.2. The molecule has 8 nitrogen and oxygen atoms in total. The van der Waals surface area contributed by atoms with E-state index in [1.165, 1.54) is 19.2 Å². The highest BCUT2D eigenvalue weighted by atomic mass is 32.2. The van der Waals surface area contributed by atoms with Gasteiger partial charge in [-0.05, 0) is 54.8 Å². The topological polar surface area (TPSA) is 117 Å². The Hall–Kier alpha value is -4.00. The number of aryl methyl sites for hydroxylation is 1. The van der Waals surface area contributed by atoms with E-state index < -0.39 is 34.5 Å². The molecule has 0 spiro atoms. The molecular weight excluding hydrogens is 466 g/mol. The summed E-state index contributed by atoms with van der Waals surface area (Å²) in [6.07, 6.45) is 1.69. The molecular formula is C26H25N3O5S. The molecule has 2 N–H and O–H groups in total. The van der Waals surface area contributed by atoms with Crippen LogP contribution in [0.25, 0.3) is 0 Å². The summed E-state index contributed by atoms with van der Waals surface area (Å²) in [7, 11) is -2.62. The van der Waals surface area contributed by atoms with E-state index in [4.69, 9.17) is 0 Å². The van der Waals surface area contributed by atoms with Crippen LogP contribution in [0.2, 0.25) is 0 Å². The Balaban J connectivity index is 1.61. The van der Waals surface area contributed by atoms with Crippen molar-refractivity contribution in [2.75, 3.05) is 13.6 Å². The molecule has 1 heterocycles. The fourth-order valence-electron chi connectivity index (χ4n) is 3.15. The molecule has 0 bridgehead atoms. The lowest BCUT2D eigenvalue weighted by molar-refractivity contribution is -0.141. The van der Waals surface area contributed by atoms with Crippen LogP contribution in [0.3, 0.4) is 0 Å². The monoisotopic (exact) mass is 491 g/mol. The minimum atomic E-state index is -3.89. The Morgan fingerprint density at radius 1 is 1.03 bits per heavy atom. The minimum Gasteiger partial charge on any atom is -0.480 e. The molecule has 9 heteroatoms. The van der Waals surface area contributed by atoms with E-state index >= 15 is 0 Å². The molecule has 0 fully saturated rings. The maximum atomic E-state index is 12.7. The number of carbonyl (C=O) groups excluding carboxylic acids is 1. The second-order valence-corrected chi connectivity index (χ2v) is 9.94. The number of carboxylic acids is 1. The normalized spacial score (nSPS) is 11.9. The van der Waals surface area contributed by atoms with Crippen molar-refractivity contribution in [2.45, 2.75) is 24.3 Å². The van der Waals surface area contributed by atoms with Crippen LogP contribution in [0.1, 0.15) is 22.4 Å². The molecule has 0 aliphatic carbocycles. The SMILES string of the molecule is Cc1ccc(S(=O)(=O)N(C)CC(=O)N[C@@H](Cc2ccc(C#Cc3ccccn3)cc2)C(=O)O)cc1. The van der Waals surface area contributed by atoms with E-state index in [0.29, 0.717) is 11.3 Å². The van der Waals surface area contributed by atoms with E-state index in [1.807, 2.05) is 13.0 Å². The van der Waals surface area contributed by atoms with Crippen molar-refractivity contribution in [1.82, 2.24) is 14.6 Å². The molecule has 0 saturated carbocycles. The number of benzene rings is 2. The van der Waals surface area contributed by atoms with Gasteiger partial charge in [0, 0.05) is 25.2 Å². The van der Waals surface area contributed by atoms with E-state index in [2.05, 4.69) is 22.1 Å². The average molecular weight is 492 g/mol. The van der Waals surface area contributed by atoms with Crippen LogP contribution in [-0.2, 0) is 26.0 Å². The van der Waals surface area contributed by atoms with Crippen molar-refractivity contribution in [1.29, 1.82) is 0 Å². The summed E-state index contributed by atoms with van der Waals surface area (Å²) in [6, 6.07) is 17.5. The largest absolute Gasteiger partial charge is 0.480 e. The Kier molecular flexibility index (Phi) is 8.36. The molecule has 2 aromatic carbocycles. The van der Waals surface area contributed by atoms with Gasteiger partial charge in [0.15, 0.2) is 0 Å². The molecule has 0 radical (unpaired) electrons. The number of amides is 1. The summed E-state index contributed by atoms with van der Waals surface area (Å²) < 4.78 is 26.2. The fraction of sp³-hybridized carbons (Fsp3) is 0.192. The molecule has 0 unspecified atom stereocenters. The number of hydrogen-bond donors (Lipinski definition) is 2. The number of sulfonamides is 1. The number of carboxylic acid groups (broad SMARTS) is 1. The van der Waals surface area contributed by atoms with E-state index in [1.54, 1.807) is 54.7 Å². The highest BCUT2D eigenvalue weighted by Gasteiger charge is 2.26. The minimum absolute atomic E-state index is 0.0312. The number of pyridine rings is 1. The first-order chi connectivity index (χ1) is 16.6. The fourth-order valence-corrected chi connectivity index (χ4v) is 4.28. The molecule has 1 amide bonds. The number of aromatic nitrogens is 1. The maximum absolute atomic E-state index is 12.7. The third kappa shape index (κ3) is 7.24. The zero-order valence-corrected chi connectivity index (χ0v) is 20.1.